The van der Waals surface area contributed by atoms with Gasteiger partial charge in [-0.05, 0) is 74.2 Å². The Morgan fingerprint density at radius 1 is 0.970 bits per heavy atom. The smallest absolute Gasteiger partial charge is 0.261 e. The van der Waals surface area contributed by atoms with Gasteiger partial charge in [0, 0.05) is 36.3 Å². The van der Waals surface area contributed by atoms with Crippen LogP contribution in [0.2, 0.25) is 0 Å². The molecule has 0 saturated carbocycles. The van der Waals surface area contributed by atoms with Crippen LogP contribution in [0, 0.1) is 17.7 Å². The number of hydrogen-bond donors (Lipinski definition) is 2. The monoisotopic (exact) mass is 475 g/mol. The van der Waals surface area contributed by atoms with E-state index in [1.54, 1.807) is 17.0 Å². The van der Waals surface area contributed by atoms with E-state index in [9.17, 15) is 22.4 Å². The summed E-state index contributed by atoms with van der Waals surface area (Å²) in [4.78, 5) is 26.9. The number of sulfonamides is 1. The molecule has 2 aromatic rings. The molecule has 3 rings (SSSR count). The van der Waals surface area contributed by atoms with Gasteiger partial charge in [0.05, 0.1) is 4.90 Å². The molecule has 1 atom stereocenters. The van der Waals surface area contributed by atoms with E-state index in [1.807, 2.05) is 6.92 Å². The average molecular weight is 476 g/mol. The summed E-state index contributed by atoms with van der Waals surface area (Å²) in [5.74, 6) is -0.373. The highest BCUT2D eigenvalue weighted by Gasteiger charge is 2.28. The molecule has 1 aliphatic heterocycles. The molecule has 1 saturated heterocycles. The maximum absolute atomic E-state index is 13.0. The second-order valence-corrected chi connectivity index (χ2v) is 10.4. The van der Waals surface area contributed by atoms with Gasteiger partial charge in [0.1, 0.15) is 5.82 Å². The van der Waals surface area contributed by atoms with Gasteiger partial charge in [0.2, 0.25) is 5.91 Å². The topological polar surface area (TPSA) is 95.6 Å². The Hall–Kier alpha value is -2.94. The van der Waals surface area contributed by atoms with Crippen molar-refractivity contribution in [3.05, 3.63) is 59.9 Å². The third kappa shape index (κ3) is 6.31. The second kappa shape index (κ2) is 10.3. The zero-order valence-corrected chi connectivity index (χ0v) is 19.9. The van der Waals surface area contributed by atoms with Crippen LogP contribution in [0.5, 0.6) is 0 Å². The molecule has 7 nitrogen and oxygen atoms in total. The van der Waals surface area contributed by atoms with Gasteiger partial charge in [0.15, 0.2) is 0 Å². The van der Waals surface area contributed by atoms with E-state index in [4.69, 9.17) is 0 Å². The second-order valence-electron chi connectivity index (χ2n) is 8.74. The van der Waals surface area contributed by atoms with Gasteiger partial charge in [-0.2, -0.15) is 0 Å². The minimum Gasteiger partial charge on any atom is -0.353 e. The van der Waals surface area contributed by atoms with Crippen LogP contribution >= 0.6 is 0 Å². The molecule has 2 N–H and O–H groups in total. The van der Waals surface area contributed by atoms with Gasteiger partial charge in [-0.1, -0.05) is 13.8 Å². The third-order valence-corrected chi connectivity index (χ3v) is 7.43. The van der Waals surface area contributed by atoms with Gasteiger partial charge < -0.3 is 10.2 Å². The Kier molecular flexibility index (Phi) is 7.73. The highest BCUT2D eigenvalue weighted by atomic mass is 32.2. The quantitative estimate of drug-likeness (QED) is 0.639. The molecule has 1 fully saturated rings. The molecule has 1 heterocycles. The fourth-order valence-corrected chi connectivity index (χ4v) is 4.60. The lowest BCUT2D eigenvalue weighted by Gasteiger charge is -2.32. The first-order chi connectivity index (χ1) is 15.6. The molecule has 0 spiro atoms. The molecule has 2 amide bonds. The molecular weight excluding hydrogens is 445 g/mol. The van der Waals surface area contributed by atoms with E-state index in [-0.39, 0.29) is 28.7 Å². The molecule has 2 aromatic carbocycles. The van der Waals surface area contributed by atoms with Crippen molar-refractivity contribution in [2.75, 3.05) is 17.8 Å². The van der Waals surface area contributed by atoms with Crippen LogP contribution < -0.4 is 10.0 Å². The number of benzene rings is 2. The molecule has 178 valence electrons. The van der Waals surface area contributed by atoms with Crippen molar-refractivity contribution in [3.63, 3.8) is 0 Å². The van der Waals surface area contributed by atoms with E-state index >= 15 is 0 Å². The number of likely N-dealkylation sites (tertiary alicyclic amines) is 1. The fourth-order valence-electron chi connectivity index (χ4n) is 3.54. The number of rotatable bonds is 7. The predicted octanol–water partition coefficient (Wildman–Crippen LogP) is 3.64. The number of nitrogens with one attached hydrogen (secondary N) is 2. The maximum Gasteiger partial charge on any atom is 0.261 e. The zero-order valence-electron chi connectivity index (χ0n) is 19.0. The molecule has 0 aromatic heterocycles. The molecule has 9 heteroatoms. The summed E-state index contributed by atoms with van der Waals surface area (Å²) in [5, 5.41) is 3.05. The summed E-state index contributed by atoms with van der Waals surface area (Å²) in [6, 6.07) is 10.8. The molecular formula is C24H30FN3O4S. The molecule has 33 heavy (non-hydrogen) atoms. The summed E-state index contributed by atoms with van der Waals surface area (Å²) < 4.78 is 40.3. The minimum atomic E-state index is -3.86. The number of hydrogen-bond acceptors (Lipinski definition) is 4. The van der Waals surface area contributed by atoms with Gasteiger partial charge in [-0.3, -0.25) is 14.3 Å². The average Bonchev–Trinajstić information content (AvgIpc) is 2.79. The predicted molar refractivity (Wildman–Crippen MR) is 125 cm³/mol. The van der Waals surface area contributed by atoms with Crippen LogP contribution in [0.15, 0.2) is 53.4 Å². The number of halogens is 1. The lowest BCUT2D eigenvalue weighted by Crippen LogP contribution is -2.45. The van der Waals surface area contributed by atoms with E-state index < -0.39 is 15.8 Å². The summed E-state index contributed by atoms with van der Waals surface area (Å²) in [5.41, 5.74) is 0.738. The standard InChI is InChI=1S/C24H30FN3O4S/c1-16(2)17(3)26-23(29)18-12-14-28(15-13-18)24(30)19-4-8-21(9-5-19)27-33(31,32)22-10-6-20(25)7-11-22/h4-11,16-18,27H,12-15H2,1-3H3,(H,26,29)/t17-/m1/s1. The molecule has 0 aliphatic carbocycles. The van der Waals surface area contributed by atoms with E-state index in [2.05, 4.69) is 23.9 Å². The number of nitrogens with zero attached hydrogens (tertiary/aromatic N) is 1. The van der Waals surface area contributed by atoms with Crippen LogP contribution in [0.4, 0.5) is 10.1 Å². The number of anilines is 1. The SMILES string of the molecule is CC(C)[C@@H](C)NC(=O)C1CCN(C(=O)c2ccc(NS(=O)(=O)c3ccc(F)cc3)cc2)CC1. The van der Waals surface area contributed by atoms with Crippen LogP contribution in [0.3, 0.4) is 0 Å². The van der Waals surface area contributed by atoms with Gasteiger partial charge in [0.25, 0.3) is 15.9 Å². The molecule has 0 unspecified atom stereocenters. The summed E-state index contributed by atoms with van der Waals surface area (Å²) in [7, 11) is -3.86. The highest BCUT2D eigenvalue weighted by molar-refractivity contribution is 7.92. The Labute approximate surface area is 194 Å². The van der Waals surface area contributed by atoms with Crippen molar-refractivity contribution in [2.24, 2.45) is 11.8 Å². The van der Waals surface area contributed by atoms with Crippen molar-refractivity contribution < 1.29 is 22.4 Å². The van der Waals surface area contributed by atoms with E-state index in [0.717, 1.165) is 12.1 Å². The number of carbonyl (C=O) groups is 2. The number of amides is 2. The lowest BCUT2D eigenvalue weighted by molar-refractivity contribution is -0.127. The Bertz CT molecular complexity index is 1080. The maximum atomic E-state index is 13.0. The largest absolute Gasteiger partial charge is 0.353 e. The minimum absolute atomic E-state index is 0.0427. The summed E-state index contributed by atoms with van der Waals surface area (Å²) >= 11 is 0. The van der Waals surface area contributed by atoms with Crippen molar-refractivity contribution in [1.29, 1.82) is 0 Å². The fraction of sp³-hybridized carbons (Fsp3) is 0.417. The first-order valence-electron chi connectivity index (χ1n) is 11.0. The first-order valence-corrected chi connectivity index (χ1v) is 12.5. The Balaban J connectivity index is 1.56. The van der Waals surface area contributed by atoms with Crippen molar-refractivity contribution in [2.45, 2.75) is 44.6 Å². The third-order valence-electron chi connectivity index (χ3n) is 6.03. The highest BCUT2D eigenvalue weighted by Crippen LogP contribution is 2.22. The van der Waals surface area contributed by atoms with Crippen LogP contribution in [-0.2, 0) is 14.8 Å². The summed E-state index contributed by atoms with van der Waals surface area (Å²) in [6.07, 6.45) is 1.22. The van der Waals surface area contributed by atoms with Gasteiger partial charge in [-0.25, -0.2) is 12.8 Å². The number of carbonyl (C=O) groups excluding carboxylic acids is 2. The summed E-state index contributed by atoms with van der Waals surface area (Å²) in [6.45, 7) is 7.10. The first kappa shape index (κ1) is 24.7. The van der Waals surface area contributed by atoms with Crippen molar-refractivity contribution in [1.82, 2.24) is 10.2 Å². The number of piperidine rings is 1. The van der Waals surface area contributed by atoms with Crippen LogP contribution in [-0.4, -0.2) is 44.3 Å². The van der Waals surface area contributed by atoms with Gasteiger partial charge >= 0.3 is 0 Å². The Morgan fingerprint density at radius 2 is 1.55 bits per heavy atom. The van der Waals surface area contributed by atoms with Crippen LogP contribution in [0.25, 0.3) is 0 Å². The molecule has 0 radical (unpaired) electrons. The lowest BCUT2D eigenvalue weighted by atomic mass is 9.94. The zero-order chi connectivity index (χ0) is 24.2. The normalized spacial score (nSPS) is 15.8. The van der Waals surface area contributed by atoms with Crippen molar-refractivity contribution >= 4 is 27.5 Å². The van der Waals surface area contributed by atoms with E-state index in [1.165, 1.54) is 24.3 Å². The van der Waals surface area contributed by atoms with Crippen LogP contribution in [0.1, 0.15) is 44.0 Å². The molecule has 0 bridgehead atoms. The van der Waals surface area contributed by atoms with E-state index in [0.29, 0.717) is 43.1 Å². The Morgan fingerprint density at radius 3 is 2.09 bits per heavy atom. The van der Waals surface area contributed by atoms with Crippen molar-refractivity contribution in [3.8, 4) is 0 Å². The van der Waals surface area contributed by atoms with Gasteiger partial charge in [-0.15, -0.1) is 0 Å². The molecule has 1 aliphatic rings.